The van der Waals surface area contributed by atoms with Gasteiger partial charge in [0.15, 0.2) is 5.69 Å². The molecule has 5 aromatic heterocycles. The second-order valence-corrected chi connectivity index (χ2v) is 8.27. The van der Waals surface area contributed by atoms with Crippen molar-refractivity contribution < 1.29 is 4.57 Å². The highest BCUT2D eigenvalue weighted by molar-refractivity contribution is 7.26. The first-order chi connectivity index (χ1) is 12.9. The zero-order chi connectivity index (χ0) is 17.1. The smallest absolute Gasteiger partial charge is 0.263 e. The number of benzene rings is 1. The number of fused-ring (bicyclic) bond motifs is 6. The van der Waals surface area contributed by atoms with Crippen molar-refractivity contribution >= 4 is 63.3 Å². The number of hydrogen-bond acceptors (Lipinski definition) is 5. The molecule has 6 rings (SSSR count). The van der Waals surface area contributed by atoms with Gasteiger partial charge < -0.3 is 0 Å². The highest BCUT2D eigenvalue weighted by Gasteiger charge is 2.15. The summed E-state index contributed by atoms with van der Waals surface area (Å²) < 4.78 is 6.81. The quantitative estimate of drug-likeness (QED) is 0.387. The Morgan fingerprint density at radius 1 is 0.769 bits per heavy atom. The Morgan fingerprint density at radius 2 is 1.62 bits per heavy atom. The fourth-order valence-corrected chi connectivity index (χ4v) is 5.47. The van der Waals surface area contributed by atoms with Gasteiger partial charge in [0.1, 0.15) is 10.9 Å². The minimum Gasteiger partial charge on any atom is -0.263 e. The summed E-state index contributed by atoms with van der Waals surface area (Å²) in [4.78, 5) is 13.6. The van der Waals surface area contributed by atoms with Gasteiger partial charge in [-0.15, -0.1) is 22.7 Å². The molecule has 0 atom stereocenters. The molecule has 0 N–H and O–H groups in total. The lowest BCUT2D eigenvalue weighted by molar-refractivity contribution is -0.597. The van der Waals surface area contributed by atoms with Crippen LogP contribution in [0.25, 0.3) is 46.3 Å². The van der Waals surface area contributed by atoms with Crippen molar-refractivity contribution in [3.05, 3.63) is 67.5 Å². The van der Waals surface area contributed by atoms with Crippen LogP contribution in [-0.4, -0.2) is 15.0 Å². The summed E-state index contributed by atoms with van der Waals surface area (Å²) in [5, 5.41) is 2.37. The Kier molecular flexibility index (Phi) is 2.88. The predicted octanol–water partition coefficient (Wildman–Crippen LogP) is 4.88. The SMILES string of the molecule is c1ccc2c(c1)sc1c[n+](-c3cnc4c(c3)sc3cnccc34)cnc12. The number of pyridine rings is 2. The molecule has 0 amide bonds. The van der Waals surface area contributed by atoms with Crippen LogP contribution in [0, 0.1) is 0 Å². The van der Waals surface area contributed by atoms with E-state index >= 15 is 0 Å². The molecule has 0 aliphatic heterocycles. The van der Waals surface area contributed by atoms with Gasteiger partial charge in [-0.2, -0.15) is 4.57 Å². The van der Waals surface area contributed by atoms with Gasteiger partial charge in [-0.3, -0.25) is 9.97 Å². The molecule has 0 spiro atoms. The van der Waals surface area contributed by atoms with Gasteiger partial charge in [-0.05, 0) is 23.2 Å². The lowest BCUT2D eigenvalue weighted by atomic mass is 10.2. The van der Waals surface area contributed by atoms with Crippen LogP contribution in [0.2, 0.25) is 0 Å². The maximum absolute atomic E-state index is 4.71. The van der Waals surface area contributed by atoms with Crippen LogP contribution in [0.5, 0.6) is 0 Å². The fraction of sp³-hybridized carbons (Fsp3) is 0. The zero-order valence-corrected chi connectivity index (χ0v) is 15.1. The van der Waals surface area contributed by atoms with E-state index in [0.29, 0.717) is 0 Å². The Balaban J connectivity index is 1.57. The minimum atomic E-state index is 1.02. The van der Waals surface area contributed by atoms with E-state index in [1.165, 1.54) is 14.8 Å². The van der Waals surface area contributed by atoms with Crippen LogP contribution in [0.15, 0.2) is 67.5 Å². The van der Waals surface area contributed by atoms with Gasteiger partial charge in [0.25, 0.3) is 6.33 Å². The lowest BCUT2D eigenvalue weighted by Crippen LogP contribution is -2.30. The van der Waals surface area contributed by atoms with E-state index in [2.05, 4.69) is 41.5 Å². The van der Waals surface area contributed by atoms with E-state index in [-0.39, 0.29) is 0 Å². The maximum atomic E-state index is 4.71. The van der Waals surface area contributed by atoms with Crippen LogP contribution < -0.4 is 4.57 Å². The predicted molar refractivity (Wildman–Crippen MR) is 107 cm³/mol. The molecule has 0 saturated carbocycles. The third kappa shape index (κ3) is 2.00. The maximum Gasteiger partial charge on any atom is 0.292 e. The monoisotopic (exact) mass is 371 g/mol. The molecule has 122 valence electrons. The zero-order valence-electron chi connectivity index (χ0n) is 13.5. The molecule has 0 saturated heterocycles. The van der Waals surface area contributed by atoms with Crippen LogP contribution in [0.3, 0.4) is 0 Å². The first-order valence-corrected chi connectivity index (χ1v) is 9.81. The molecule has 0 fully saturated rings. The summed E-state index contributed by atoms with van der Waals surface area (Å²) in [6.07, 6.45) is 9.65. The minimum absolute atomic E-state index is 1.02. The Labute approximate surface area is 156 Å². The van der Waals surface area contributed by atoms with Gasteiger partial charge in [-0.1, -0.05) is 12.1 Å². The normalized spacial score (nSPS) is 11.8. The molecule has 26 heavy (non-hydrogen) atoms. The average molecular weight is 371 g/mol. The third-order valence-electron chi connectivity index (χ3n) is 4.56. The molecule has 6 heteroatoms. The van der Waals surface area contributed by atoms with Crippen LogP contribution in [0.4, 0.5) is 0 Å². The van der Waals surface area contributed by atoms with Crippen molar-refractivity contribution in [1.29, 1.82) is 0 Å². The van der Waals surface area contributed by atoms with Crippen molar-refractivity contribution in [2.45, 2.75) is 0 Å². The molecule has 4 nitrogen and oxygen atoms in total. The van der Waals surface area contributed by atoms with E-state index in [1.54, 1.807) is 22.7 Å². The molecule has 0 aliphatic rings. The second kappa shape index (κ2) is 5.27. The van der Waals surface area contributed by atoms with Gasteiger partial charge in [0.2, 0.25) is 5.52 Å². The number of aromatic nitrogens is 4. The number of rotatable bonds is 1. The molecule has 0 bridgehead atoms. The Hall–Kier alpha value is -2.96. The number of hydrogen-bond donors (Lipinski definition) is 0. The molecular weight excluding hydrogens is 360 g/mol. The summed E-state index contributed by atoms with van der Waals surface area (Å²) in [5.74, 6) is 0. The summed E-state index contributed by atoms with van der Waals surface area (Å²) in [7, 11) is 0. The van der Waals surface area contributed by atoms with Gasteiger partial charge in [-0.25, -0.2) is 0 Å². The molecular formula is C20H11N4S2+. The van der Waals surface area contributed by atoms with Crippen molar-refractivity contribution in [3.63, 3.8) is 0 Å². The third-order valence-corrected chi connectivity index (χ3v) is 6.73. The molecule has 0 unspecified atom stereocenters. The van der Waals surface area contributed by atoms with E-state index < -0.39 is 0 Å². The van der Waals surface area contributed by atoms with E-state index in [9.17, 15) is 0 Å². The lowest BCUT2D eigenvalue weighted by Gasteiger charge is -1.98. The molecule has 6 aromatic rings. The standard InChI is InChI=1S/C20H11N4S2/c1-2-4-15-13(3-1)20-18(25-15)10-24(11-23-20)12-7-16-19(22-8-12)14-5-6-21-9-17(14)26-16/h1-11H/q+1. The first kappa shape index (κ1) is 14.2. The van der Waals surface area contributed by atoms with Crippen molar-refractivity contribution in [3.8, 4) is 5.69 Å². The number of nitrogens with zero attached hydrogens (tertiary/aromatic N) is 4. The Bertz CT molecular complexity index is 1340. The summed E-state index contributed by atoms with van der Waals surface area (Å²) >= 11 is 3.49. The van der Waals surface area contributed by atoms with E-state index in [0.717, 1.165) is 31.5 Å². The van der Waals surface area contributed by atoms with Gasteiger partial charge >= 0.3 is 0 Å². The number of thiophene rings is 2. The van der Waals surface area contributed by atoms with Crippen molar-refractivity contribution in [2.75, 3.05) is 0 Å². The van der Waals surface area contributed by atoms with Gasteiger partial charge in [0, 0.05) is 33.9 Å². The van der Waals surface area contributed by atoms with Crippen LogP contribution in [-0.2, 0) is 0 Å². The first-order valence-electron chi connectivity index (χ1n) is 8.18. The summed E-state index contributed by atoms with van der Waals surface area (Å²) in [6, 6.07) is 12.6. The fourth-order valence-electron chi connectivity index (χ4n) is 3.32. The largest absolute Gasteiger partial charge is 0.292 e. The van der Waals surface area contributed by atoms with Gasteiger partial charge in [0.05, 0.1) is 21.1 Å². The molecule has 0 aliphatic carbocycles. The Morgan fingerprint density at radius 3 is 2.62 bits per heavy atom. The topological polar surface area (TPSA) is 42.5 Å². The van der Waals surface area contributed by atoms with Crippen molar-refractivity contribution in [2.24, 2.45) is 0 Å². The van der Waals surface area contributed by atoms with Crippen LogP contribution >= 0.6 is 22.7 Å². The summed E-state index contributed by atoms with van der Waals surface area (Å²) in [6.45, 7) is 0. The average Bonchev–Trinajstić information content (AvgIpc) is 3.24. The summed E-state index contributed by atoms with van der Waals surface area (Å²) in [5.41, 5.74) is 3.11. The van der Waals surface area contributed by atoms with E-state index in [1.807, 2.05) is 35.6 Å². The molecule has 5 heterocycles. The molecule has 0 radical (unpaired) electrons. The van der Waals surface area contributed by atoms with E-state index in [4.69, 9.17) is 9.97 Å². The second-order valence-electron chi connectivity index (χ2n) is 6.11. The highest BCUT2D eigenvalue weighted by Crippen LogP contribution is 2.33. The van der Waals surface area contributed by atoms with Crippen LogP contribution in [0.1, 0.15) is 0 Å². The van der Waals surface area contributed by atoms with Crippen molar-refractivity contribution in [1.82, 2.24) is 15.0 Å². The molecule has 1 aromatic carbocycles. The highest BCUT2D eigenvalue weighted by atomic mass is 32.1.